The Hall–Kier alpha value is -4.02. The molecule has 2 aliphatic rings. The molecule has 2 fully saturated rings. The van der Waals surface area contributed by atoms with Gasteiger partial charge in [0.05, 0.1) is 28.1 Å². The maximum absolute atomic E-state index is 5.21. The van der Waals surface area contributed by atoms with Crippen LogP contribution in [0.4, 0.5) is 0 Å². The standard InChI is InChI=1S/C39H55N7S.C6H11N.C3H8.C3H6/c1-10-27(5)38-31(15-14-18-40-38)39-33(21-26(3)4)32-22-30(16-17-36(32)45(39)11-2)35-25-47-37(43-35)23-34(42-28(6)24-44(8)9)29(7)46-20-13-12-19-41-46;1-2-6-3-4-7-5-6;2*1-3-2/h14-18,22,25-27,34,41-42H,6-7,10-13,19-21,23-24H2,1-5,8-9H3;2,6-7H,1,3-5H2;3H2,1-2H3;3H,1H2,2H3. The fourth-order valence-corrected chi connectivity index (χ4v) is 8.53. The van der Waals surface area contributed by atoms with Gasteiger partial charge in [0.1, 0.15) is 0 Å². The number of allylic oxidation sites excluding steroid dienone is 1. The fraction of sp³-hybridized carbons (Fsp3) is 0.529. The van der Waals surface area contributed by atoms with E-state index in [0.717, 1.165) is 85.6 Å². The smallest absolute Gasteiger partial charge is 0.0957 e. The van der Waals surface area contributed by atoms with Crippen LogP contribution in [-0.2, 0) is 19.4 Å². The van der Waals surface area contributed by atoms with E-state index >= 15 is 0 Å². The normalized spacial score (nSPS) is 15.9. The predicted octanol–water partition coefficient (Wildman–Crippen LogP) is 11.6. The average molecular weight is 837 g/mol. The van der Waals surface area contributed by atoms with Gasteiger partial charge in [-0.3, -0.25) is 4.98 Å². The monoisotopic (exact) mass is 837 g/mol. The lowest BCUT2D eigenvalue weighted by Crippen LogP contribution is -2.48. The second-order valence-electron chi connectivity index (χ2n) is 16.9. The summed E-state index contributed by atoms with van der Waals surface area (Å²) in [5.41, 5.74) is 14.2. The quantitative estimate of drug-likeness (QED) is 0.0971. The molecule has 0 aliphatic carbocycles. The third-order valence-electron chi connectivity index (χ3n) is 10.7. The summed E-state index contributed by atoms with van der Waals surface area (Å²) in [7, 11) is 4.14. The Morgan fingerprint density at radius 3 is 2.35 bits per heavy atom. The first-order chi connectivity index (χ1) is 28.9. The van der Waals surface area contributed by atoms with E-state index in [0.29, 0.717) is 11.8 Å². The number of aromatic nitrogens is 3. The zero-order chi connectivity index (χ0) is 44.2. The summed E-state index contributed by atoms with van der Waals surface area (Å²) in [5.74, 6) is 1.67. The summed E-state index contributed by atoms with van der Waals surface area (Å²) in [6.45, 7) is 39.4. The van der Waals surface area contributed by atoms with Gasteiger partial charge in [-0.2, -0.15) is 0 Å². The lowest BCUT2D eigenvalue weighted by atomic mass is 9.92. The van der Waals surface area contributed by atoms with E-state index in [1.807, 2.05) is 19.2 Å². The number of rotatable bonds is 16. The molecule has 0 bridgehead atoms. The van der Waals surface area contributed by atoms with Crippen molar-refractivity contribution in [2.24, 2.45) is 11.8 Å². The molecule has 1 aromatic carbocycles. The number of benzene rings is 1. The van der Waals surface area contributed by atoms with E-state index in [1.165, 1.54) is 65.6 Å². The fourth-order valence-electron chi connectivity index (χ4n) is 7.68. The number of thiazole rings is 1. The molecule has 4 aromatic rings. The molecule has 3 aromatic heterocycles. The van der Waals surface area contributed by atoms with Gasteiger partial charge in [-0.05, 0) is 114 Å². The summed E-state index contributed by atoms with van der Waals surface area (Å²) >= 11 is 1.73. The number of likely N-dealkylation sites (N-methyl/N-ethyl adjacent to an activating group) is 1. The molecule has 60 heavy (non-hydrogen) atoms. The third kappa shape index (κ3) is 14.6. The SMILES string of the molecule is C=C(CN(C)C)NC(Cc1nc(-c2ccc3c(c2)c(CC(C)C)c(-c2cccnc2C(C)CC)n3CC)cs1)C(=C)N1CCCCN1.C=CC.C=CC1CCNC1.CCC. The maximum Gasteiger partial charge on any atom is 0.0957 e. The molecule has 9 heteroatoms. The summed E-state index contributed by atoms with van der Waals surface area (Å²) in [5, 5.41) is 13.8. The molecule has 3 unspecified atom stereocenters. The highest BCUT2D eigenvalue weighted by Crippen LogP contribution is 2.40. The van der Waals surface area contributed by atoms with Gasteiger partial charge in [0.2, 0.25) is 0 Å². The Labute approximate surface area is 369 Å². The Morgan fingerprint density at radius 1 is 1.05 bits per heavy atom. The van der Waals surface area contributed by atoms with Crippen molar-refractivity contribution >= 4 is 22.2 Å². The van der Waals surface area contributed by atoms with Crippen molar-refractivity contribution in [2.75, 3.05) is 46.8 Å². The average Bonchev–Trinajstić information content (AvgIpc) is 4.01. The summed E-state index contributed by atoms with van der Waals surface area (Å²) in [4.78, 5) is 12.3. The van der Waals surface area contributed by atoms with Crippen molar-refractivity contribution in [1.29, 1.82) is 0 Å². The highest BCUT2D eigenvalue weighted by atomic mass is 32.1. The minimum atomic E-state index is 0.00695. The van der Waals surface area contributed by atoms with Crippen LogP contribution in [-0.4, -0.2) is 77.3 Å². The number of nitrogens with one attached hydrogen (secondary N) is 3. The lowest BCUT2D eigenvalue weighted by Gasteiger charge is -2.36. The molecule has 0 radical (unpaired) electrons. The van der Waals surface area contributed by atoms with Crippen LogP contribution in [0, 0.1) is 11.8 Å². The largest absolute Gasteiger partial charge is 0.379 e. The van der Waals surface area contributed by atoms with Crippen LogP contribution in [0.15, 0.2) is 91.8 Å². The Balaban J connectivity index is 0.000000639. The summed E-state index contributed by atoms with van der Waals surface area (Å²) < 4.78 is 2.50. The minimum absolute atomic E-state index is 0.00695. The molecule has 0 saturated carbocycles. The van der Waals surface area contributed by atoms with Crippen molar-refractivity contribution in [2.45, 2.75) is 119 Å². The van der Waals surface area contributed by atoms with Gasteiger partial charge in [-0.25, -0.2) is 10.4 Å². The number of fused-ring (bicyclic) bond motifs is 1. The molecule has 5 heterocycles. The molecule has 330 valence electrons. The highest BCUT2D eigenvalue weighted by molar-refractivity contribution is 7.10. The van der Waals surface area contributed by atoms with Crippen LogP contribution in [0.25, 0.3) is 33.4 Å². The number of pyridine rings is 1. The van der Waals surface area contributed by atoms with E-state index in [-0.39, 0.29) is 6.04 Å². The molecule has 0 spiro atoms. The van der Waals surface area contributed by atoms with Gasteiger partial charge >= 0.3 is 0 Å². The highest BCUT2D eigenvalue weighted by Gasteiger charge is 2.25. The number of nitrogens with zero attached hydrogens (tertiary/aromatic N) is 5. The summed E-state index contributed by atoms with van der Waals surface area (Å²) in [6, 6.07) is 11.3. The second-order valence-corrected chi connectivity index (χ2v) is 17.8. The van der Waals surface area contributed by atoms with Gasteiger partial charge < -0.3 is 25.1 Å². The Bertz CT molecular complexity index is 1910. The molecule has 8 nitrogen and oxygen atoms in total. The van der Waals surface area contributed by atoms with Crippen LogP contribution in [0.5, 0.6) is 0 Å². The summed E-state index contributed by atoms with van der Waals surface area (Å²) in [6.07, 6.45) is 13.4. The first-order valence-corrected chi connectivity index (χ1v) is 23.5. The van der Waals surface area contributed by atoms with E-state index in [4.69, 9.17) is 9.97 Å². The van der Waals surface area contributed by atoms with Gasteiger partial charge in [-0.1, -0.05) is 79.3 Å². The van der Waals surface area contributed by atoms with Crippen LogP contribution in [0.1, 0.15) is 110 Å². The van der Waals surface area contributed by atoms with Gasteiger partial charge in [0.25, 0.3) is 0 Å². The minimum Gasteiger partial charge on any atom is -0.379 e. The first-order valence-electron chi connectivity index (χ1n) is 22.6. The van der Waals surface area contributed by atoms with Gasteiger partial charge in [-0.15, -0.1) is 24.5 Å². The first kappa shape index (κ1) is 50.3. The molecular formula is C51H80N8S. The van der Waals surface area contributed by atoms with Crippen LogP contribution in [0.2, 0.25) is 0 Å². The topological polar surface area (TPSA) is 73.3 Å². The van der Waals surface area contributed by atoms with Crippen molar-refractivity contribution in [3.05, 3.63) is 108 Å². The lowest BCUT2D eigenvalue weighted by molar-refractivity contribution is 0.188. The molecule has 2 aliphatic heterocycles. The molecule has 2 saturated heterocycles. The Morgan fingerprint density at radius 2 is 1.78 bits per heavy atom. The Kier molecular flexibility index (Phi) is 22.1. The molecule has 6 rings (SSSR count). The number of hydrogen-bond donors (Lipinski definition) is 3. The molecule has 3 N–H and O–H groups in total. The van der Waals surface area contributed by atoms with E-state index in [9.17, 15) is 0 Å². The molecule has 3 atom stereocenters. The van der Waals surface area contributed by atoms with Crippen LogP contribution < -0.4 is 16.1 Å². The zero-order valence-corrected chi connectivity index (χ0v) is 40.0. The van der Waals surface area contributed by atoms with Gasteiger partial charge in [0, 0.05) is 84.1 Å². The third-order valence-corrected chi connectivity index (χ3v) is 11.5. The zero-order valence-electron chi connectivity index (χ0n) is 39.2. The van der Waals surface area contributed by atoms with E-state index < -0.39 is 0 Å². The second kappa shape index (κ2) is 26.3. The van der Waals surface area contributed by atoms with E-state index in [2.05, 4.69) is 155 Å². The van der Waals surface area contributed by atoms with Crippen molar-refractivity contribution in [3.63, 3.8) is 0 Å². The van der Waals surface area contributed by atoms with E-state index in [1.54, 1.807) is 17.4 Å². The molecular weight excluding hydrogens is 757 g/mol. The molecule has 0 amide bonds. The number of aryl methyl sites for hydroxylation is 1. The van der Waals surface area contributed by atoms with Crippen LogP contribution in [0.3, 0.4) is 0 Å². The van der Waals surface area contributed by atoms with Crippen molar-refractivity contribution < 1.29 is 0 Å². The maximum atomic E-state index is 5.21. The number of hydrogen-bond acceptors (Lipinski definition) is 8. The predicted molar refractivity (Wildman–Crippen MR) is 264 cm³/mol. The van der Waals surface area contributed by atoms with Gasteiger partial charge in [0.15, 0.2) is 0 Å². The van der Waals surface area contributed by atoms with Crippen LogP contribution >= 0.6 is 11.3 Å². The van der Waals surface area contributed by atoms with Crippen molar-refractivity contribution in [1.82, 2.24) is 40.5 Å². The number of hydrazine groups is 1. The van der Waals surface area contributed by atoms with Crippen molar-refractivity contribution in [3.8, 4) is 22.5 Å².